The van der Waals surface area contributed by atoms with Crippen molar-refractivity contribution in [2.45, 2.75) is 18.9 Å². The van der Waals surface area contributed by atoms with Crippen molar-refractivity contribution in [3.8, 4) is 22.9 Å². The first-order valence-corrected chi connectivity index (χ1v) is 8.39. The van der Waals surface area contributed by atoms with Gasteiger partial charge < -0.3 is 10.5 Å². The Hall–Kier alpha value is -3.33. The van der Waals surface area contributed by atoms with E-state index >= 15 is 0 Å². The highest BCUT2D eigenvalue weighted by molar-refractivity contribution is 6.08. The maximum atomic E-state index is 11.8. The fourth-order valence-corrected chi connectivity index (χ4v) is 3.30. The van der Waals surface area contributed by atoms with E-state index in [0.717, 1.165) is 22.4 Å². The van der Waals surface area contributed by atoms with Crippen molar-refractivity contribution in [1.82, 2.24) is 5.01 Å². The molecule has 0 bridgehead atoms. The Balaban J connectivity index is 1.96. The predicted molar refractivity (Wildman–Crippen MR) is 99.6 cm³/mol. The summed E-state index contributed by atoms with van der Waals surface area (Å²) in [6, 6.07) is 17.0. The predicted octanol–water partition coefficient (Wildman–Crippen LogP) is 2.51. The van der Waals surface area contributed by atoms with Gasteiger partial charge in [0.1, 0.15) is 23.6 Å². The Morgan fingerprint density at radius 2 is 1.96 bits per heavy atom. The molecule has 0 aliphatic carbocycles. The minimum absolute atomic E-state index is 0.291. The molecule has 2 unspecified atom stereocenters. The zero-order valence-corrected chi connectivity index (χ0v) is 14.7. The second-order valence-electron chi connectivity index (χ2n) is 6.05. The molecule has 1 heterocycles. The first-order valence-electron chi connectivity index (χ1n) is 8.39. The molecule has 2 atom stereocenters. The van der Waals surface area contributed by atoms with E-state index in [4.69, 9.17) is 10.5 Å². The summed E-state index contributed by atoms with van der Waals surface area (Å²) in [6.45, 7) is 2.54. The highest BCUT2D eigenvalue weighted by Gasteiger charge is 2.40. The van der Waals surface area contributed by atoms with Crippen LogP contribution in [0.25, 0.3) is 11.1 Å². The standard InChI is InChI=1S/C20H20N4O2/c1-3-26-17-7-5-4-6-15(17)13-8-10-14(11-9-13)18-16(12-21)23-24(2)19(18)20(22)25/h4-11,18-19H,3H2,1-2H3,(H2,22,25). The van der Waals surface area contributed by atoms with E-state index in [1.807, 2.05) is 55.5 Å². The number of primary amides is 1. The second kappa shape index (κ2) is 7.28. The molecule has 1 aliphatic rings. The van der Waals surface area contributed by atoms with Gasteiger partial charge in [0, 0.05) is 12.6 Å². The minimum Gasteiger partial charge on any atom is -0.493 e. The van der Waals surface area contributed by atoms with Gasteiger partial charge in [-0.1, -0.05) is 42.5 Å². The van der Waals surface area contributed by atoms with Gasteiger partial charge in [0.2, 0.25) is 5.91 Å². The molecule has 3 rings (SSSR count). The summed E-state index contributed by atoms with van der Waals surface area (Å²) in [4.78, 5) is 11.8. The van der Waals surface area contributed by atoms with Gasteiger partial charge in [-0.2, -0.15) is 10.4 Å². The monoisotopic (exact) mass is 348 g/mol. The van der Waals surface area contributed by atoms with E-state index in [1.54, 1.807) is 7.05 Å². The highest BCUT2D eigenvalue weighted by atomic mass is 16.5. The molecule has 1 amide bonds. The number of nitrogens with zero attached hydrogens (tertiary/aromatic N) is 3. The van der Waals surface area contributed by atoms with Crippen LogP contribution in [-0.2, 0) is 4.79 Å². The summed E-state index contributed by atoms with van der Waals surface area (Å²) in [5.41, 5.74) is 8.63. The van der Waals surface area contributed by atoms with Crippen LogP contribution in [0.2, 0.25) is 0 Å². The van der Waals surface area contributed by atoms with Gasteiger partial charge >= 0.3 is 0 Å². The van der Waals surface area contributed by atoms with Crippen LogP contribution in [0.1, 0.15) is 18.4 Å². The molecule has 0 radical (unpaired) electrons. The van der Waals surface area contributed by atoms with Crippen LogP contribution < -0.4 is 10.5 Å². The maximum Gasteiger partial charge on any atom is 0.242 e. The van der Waals surface area contributed by atoms with E-state index in [2.05, 4.69) is 11.2 Å². The number of nitrogens with two attached hydrogens (primary N) is 1. The van der Waals surface area contributed by atoms with Gasteiger partial charge in [-0.3, -0.25) is 9.80 Å². The van der Waals surface area contributed by atoms with Crippen LogP contribution in [0.15, 0.2) is 53.6 Å². The van der Waals surface area contributed by atoms with Crippen molar-refractivity contribution in [2.75, 3.05) is 13.7 Å². The fourth-order valence-electron chi connectivity index (χ4n) is 3.30. The number of carbonyl (C=O) groups is 1. The summed E-state index contributed by atoms with van der Waals surface area (Å²) >= 11 is 0. The number of ether oxygens (including phenoxy) is 1. The zero-order valence-electron chi connectivity index (χ0n) is 14.7. The van der Waals surface area contributed by atoms with Crippen LogP contribution in [0.5, 0.6) is 5.75 Å². The Bertz CT molecular complexity index is 883. The first kappa shape index (κ1) is 17.5. The molecule has 1 aliphatic heterocycles. The molecule has 132 valence electrons. The Morgan fingerprint density at radius 3 is 2.58 bits per heavy atom. The lowest BCUT2D eigenvalue weighted by molar-refractivity contribution is -0.122. The summed E-state index contributed by atoms with van der Waals surface area (Å²) in [5, 5.41) is 15.0. The lowest BCUT2D eigenvalue weighted by Crippen LogP contribution is -2.41. The van der Waals surface area contributed by atoms with E-state index in [-0.39, 0.29) is 0 Å². The molecule has 0 aromatic heterocycles. The molecule has 2 N–H and O–H groups in total. The van der Waals surface area contributed by atoms with Crippen molar-refractivity contribution >= 4 is 11.6 Å². The molecule has 6 heteroatoms. The van der Waals surface area contributed by atoms with Crippen LogP contribution in [0, 0.1) is 11.3 Å². The van der Waals surface area contributed by atoms with Crippen molar-refractivity contribution in [1.29, 1.82) is 5.26 Å². The molecular formula is C20H20N4O2. The van der Waals surface area contributed by atoms with E-state index in [9.17, 15) is 10.1 Å². The summed E-state index contributed by atoms with van der Waals surface area (Å²) < 4.78 is 5.69. The third-order valence-corrected chi connectivity index (χ3v) is 4.45. The molecule has 0 saturated carbocycles. The number of hydrogen-bond donors (Lipinski definition) is 1. The van der Waals surface area contributed by atoms with Crippen LogP contribution in [0.4, 0.5) is 0 Å². The Kier molecular flexibility index (Phi) is 4.90. The van der Waals surface area contributed by atoms with E-state index in [0.29, 0.717) is 12.3 Å². The Labute approximate surface area is 152 Å². The van der Waals surface area contributed by atoms with Crippen LogP contribution in [-0.4, -0.2) is 36.3 Å². The fraction of sp³-hybridized carbons (Fsp3) is 0.250. The van der Waals surface area contributed by atoms with Crippen LogP contribution >= 0.6 is 0 Å². The molecule has 0 saturated heterocycles. The first-order chi connectivity index (χ1) is 12.6. The van der Waals surface area contributed by atoms with Gasteiger partial charge in [0.15, 0.2) is 0 Å². The molecular weight excluding hydrogens is 328 g/mol. The number of benzene rings is 2. The quantitative estimate of drug-likeness (QED) is 0.899. The SMILES string of the molecule is CCOc1ccccc1-c1ccc(C2C(C#N)=NN(C)C2C(N)=O)cc1. The van der Waals surface area contributed by atoms with Gasteiger partial charge in [-0.25, -0.2) is 0 Å². The largest absolute Gasteiger partial charge is 0.493 e. The van der Waals surface area contributed by atoms with Crippen LogP contribution in [0.3, 0.4) is 0 Å². The molecule has 2 aromatic carbocycles. The third kappa shape index (κ3) is 3.11. The number of nitriles is 1. The average Bonchev–Trinajstić information content (AvgIpc) is 2.99. The highest BCUT2D eigenvalue weighted by Crippen LogP contribution is 2.34. The second-order valence-corrected chi connectivity index (χ2v) is 6.05. The van der Waals surface area contributed by atoms with Gasteiger partial charge in [-0.05, 0) is 24.1 Å². The normalized spacial score (nSPS) is 19.0. The molecule has 0 spiro atoms. The van der Waals surface area contributed by atoms with E-state index in [1.165, 1.54) is 5.01 Å². The third-order valence-electron chi connectivity index (χ3n) is 4.45. The number of rotatable bonds is 5. The zero-order chi connectivity index (χ0) is 18.7. The molecule has 26 heavy (non-hydrogen) atoms. The number of likely N-dealkylation sites (N-methyl/N-ethyl adjacent to an activating group) is 1. The number of para-hydroxylation sites is 1. The van der Waals surface area contributed by atoms with Crippen molar-refractivity contribution in [3.05, 3.63) is 54.1 Å². The Morgan fingerprint density at radius 1 is 1.27 bits per heavy atom. The van der Waals surface area contributed by atoms with Gasteiger partial charge in [0.05, 0.1) is 12.5 Å². The molecule has 0 fully saturated rings. The van der Waals surface area contributed by atoms with Crippen molar-refractivity contribution in [3.63, 3.8) is 0 Å². The molecule has 2 aromatic rings. The number of carbonyl (C=O) groups excluding carboxylic acids is 1. The number of hydrazone groups is 1. The van der Waals surface area contributed by atoms with Gasteiger partial charge in [0.25, 0.3) is 0 Å². The number of hydrogen-bond acceptors (Lipinski definition) is 5. The molecule has 6 nitrogen and oxygen atoms in total. The summed E-state index contributed by atoms with van der Waals surface area (Å²) in [7, 11) is 1.65. The maximum absolute atomic E-state index is 11.8. The lowest BCUT2D eigenvalue weighted by Gasteiger charge is -2.21. The smallest absolute Gasteiger partial charge is 0.242 e. The summed E-state index contributed by atoms with van der Waals surface area (Å²) in [6.07, 6.45) is 0. The van der Waals surface area contributed by atoms with Crippen molar-refractivity contribution < 1.29 is 9.53 Å². The average molecular weight is 348 g/mol. The minimum atomic E-state index is -0.661. The topological polar surface area (TPSA) is 91.7 Å². The van der Waals surface area contributed by atoms with E-state index < -0.39 is 17.9 Å². The number of amides is 1. The summed E-state index contributed by atoms with van der Waals surface area (Å²) in [5.74, 6) is -0.145. The lowest BCUT2D eigenvalue weighted by atomic mass is 9.87. The van der Waals surface area contributed by atoms with Crippen molar-refractivity contribution in [2.24, 2.45) is 10.8 Å². The van der Waals surface area contributed by atoms with Gasteiger partial charge in [-0.15, -0.1) is 0 Å².